The molecule has 0 aromatic carbocycles. The van der Waals surface area contributed by atoms with E-state index in [1.54, 1.807) is 22.7 Å². The largest absolute Gasteiger partial charge is 0.388 e. The van der Waals surface area contributed by atoms with Crippen molar-refractivity contribution in [1.29, 1.82) is 0 Å². The molecule has 2 aromatic rings. The van der Waals surface area contributed by atoms with Crippen LogP contribution in [0.15, 0.2) is 21.5 Å². The monoisotopic (exact) mass is 238 g/mol. The number of aliphatic hydroxyl groups excluding tert-OH is 1. The van der Waals surface area contributed by atoms with Crippen molar-refractivity contribution in [2.75, 3.05) is 0 Å². The van der Waals surface area contributed by atoms with Gasteiger partial charge in [0, 0.05) is 6.42 Å². The summed E-state index contributed by atoms with van der Waals surface area (Å²) in [7, 11) is 0. The van der Waals surface area contributed by atoms with Gasteiger partial charge in [0.15, 0.2) is 0 Å². The molecule has 2 rings (SSSR count). The smallest absolute Gasteiger partial charge is 0.0841 e. The van der Waals surface area contributed by atoms with Crippen LogP contribution >= 0.6 is 22.7 Å². The van der Waals surface area contributed by atoms with Gasteiger partial charge in [-0.05, 0) is 57.6 Å². The van der Waals surface area contributed by atoms with Gasteiger partial charge in [-0.15, -0.1) is 0 Å². The molecule has 0 aliphatic carbocycles. The second-order valence-corrected chi connectivity index (χ2v) is 5.30. The van der Waals surface area contributed by atoms with Crippen molar-refractivity contribution in [1.82, 2.24) is 0 Å². The molecular weight excluding hydrogens is 224 g/mol. The molecule has 1 unspecified atom stereocenters. The lowest BCUT2D eigenvalue weighted by Crippen LogP contribution is -2.02. The molecule has 1 N–H and O–H groups in total. The number of thiophene rings is 2. The maximum Gasteiger partial charge on any atom is 0.0841 e. The molecular formula is C12H14OS2. The van der Waals surface area contributed by atoms with Gasteiger partial charge in [0.05, 0.1) is 6.10 Å². The summed E-state index contributed by atoms with van der Waals surface area (Å²) in [4.78, 5) is 0. The molecule has 15 heavy (non-hydrogen) atoms. The predicted molar refractivity (Wildman–Crippen MR) is 66.8 cm³/mol. The van der Waals surface area contributed by atoms with Crippen molar-refractivity contribution in [3.05, 3.63) is 43.8 Å². The van der Waals surface area contributed by atoms with E-state index in [0.717, 1.165) is 12.0 Å². The topological polar surface area (TPSA) is 20.2 Å². The van der Waals surface area contributed by atoms with E-state index in [1.165, 1.54) is 16.7 Å². The Hall–Kier alpha value is -0.640. The van der Waals surface area contributed by atoms with Gasteiger partial charge >= 0.3 is 0 Å². The maximum atomic E-state index is 10.1. The molecule has 1 atom stereocenters. The molecule has 0 saturated carbocycles. The number of hydrogen-bond donors (Lipinski definition) is 1. The first-order chi connectivity index (χ1) is 7.18. The molecule has 0 radical (unpaired) electrons. The minimum Gasteiger partial charge on any atom is -0.388 e. The molecule has 80 valence electrons. The fourth-order valence-electron chi connectivity index (χ4n) is 1.63. The average Bonchev–Trinajstić information content (AvgIpc) is 2.76. The fraction of sp³-hybridized carbons (Fsp3) is 0.333. The van der Waals surface area contributed by atoms with Gasteiger partial charge in [0.1, 0.15) is 0 Å². The highest BCUT2D eigenvalue weighted by molar-refractivity contribution is 7.08. The molecule has 0 fully saturated rings. The number of aliphatic hydroxyl groups is 1. The lowest BCUT2D eigenvalue weighted by molar-refractivity contribution is 0.178. The van der Waals surface area contributed by atoms with E-state index in [4.69, 9.17) is 0 Å². The SMILES string of the molecule is Cc1cscc1CC(O)c1cscc1C. The Morgan fingerprint density at radius 3 is 2.27 bits per heavy atom. The van der Waals surface area contributed by atoms with Crippen LogP contribution in [-0.2, 0) is 6.42 Å². The second-order valence-electron chi connectivity index (χ2n) is 3.81. The summed E-state index contributed by atoms with van der Waals surface area (Å²) in [5.41, 5.74) is 4.82. The summed E-state index contributed by atoms with van der Waals surface area (Å²) < 4.78 is 0. The molecule has 2 aromatic heterocycles. The summed E-state index contributed by atoms with van der Waals surface area (Å²) in [6, 6.07) is 0. The number of hydrogen-bond acceptors (Lipinski definition) is 3. The van der Waals surface area contributed by atoms with Crippen LogP contribution in [0, 0.1) is 13.8 Å². The van der Waals surface area contributed by atoms with E-state index in [0.29, 0.717) is 0 Å². The summed E-state index contributed by atoms with van der Waals surface area (Å²) in [5, 5.41) is 18.5. The fourth-order valence-corrected chi connectivity index (χ4v) is 3.39. The minimum atomic E-state index is -0.357. The Bertz CT molecular complexity index is 442. The van der Waals surface area contributed by atoms with Gasteiger partial charge in [0.2, 0.25) is 0 Å². The van der Waals surface area contributed by atoms with Crippen molar-refractivity contribution in [3.8, 4) is 0 Å². The van der Waals surface area contributed by atoms with E-state index in [9.17, 15) is 5.11 Å². The summed E-state index contributed by atoms with van der Waals surface area (Å²) in [6.07, 6.45) is 0.372. The van der Waals surface area contributed by atoms with E-state index in [-0.39, 0.29) is 6.10 Å². The van der Waals surface area contributed by atoms with Crippen LogP contribution in [0.25, 0.3) is 0 Å². The standard InChI is InChI=1S/C12H14OS2/c1-8-4-14-6-10(8)3-12(13)11-7-15-5-9(11)2/h4-7,12-13H,3H2,1-2H3. The third kappa shape index (κ3) is 2.30. The van der Waals surface area contributed by atoms with Gasteiger partial charge < -0.3 is 5.11 Å². The van der Waals surface area contributed by atoms with E-state index >= 15 is 0 Å². The van der Waals surface area contributed by atoms with Crippen LogP contribution in [0.2, 0.25) is 0 Å². The first-order valence-electron chi connectivity index (χ1n) is 4.91. The number of aryl methyl sites for hydroxylation is 2. The molecule has 1 nitrogen and oxygen atoms in total. The normalized spacial score (nSPS) is 13.0. The molecule has 0 spiro atoms. The Balaban J connectivity index is 2.14. The van der Waals surface area contributed by atoms with Crippen LogP contribution in [0.4, 0.5) is 0 Å². The summed E-state index contributed by atoms with van der Waals surface area (Å²) in [6.45, 7) is 4.15. The highest BCUT2D eigenvalue weighted by Gasteiger charge is 2.13. The zero-order chi connectivity index (χ0) is 10.8. The van der Waals surface area contributed by atoms with Gasteiger partial charge in [-0.2, -0.15) is 22.7 Å². The average molecular weight is 238 g/mol. The lowest BCUT2D eigenvalue weighted by Gasteiger charge is -2.10. The van der Waals surface area contributed by atoms with E-state index in [2.05, 4.69) is 30.0 Å². The molecule has 3 heteroatoms. The molecule has 2 heterocycles. The third-order valence-electron chi connectivity index (χ3n) is 2.63. The summed E-state index contributed by atoms with van der Waals surface area (Å²) >= 11 is 3.36. The highest BCUT2D eigenvalue weighted by atomic mass is 32.1. The highest BCUT2D eigenvalue weighted by Crippen LogP contribution is 2.26. The maximum absolute atomic E-state index is 10.1. The van der Waals surface area contributed by atoms with Gasteiger partial charge in [0.25, 0.3) is 0 Å². The molecule has 0 bridgehead atoms. The Morgan fingerprint density at radius 2 is 1.73 bits per heavy atom. The zero-order valence-corrected chi connectivity index (χ0v) is 10.5. The Morgan fingerprint density at radius 1 is 1.07 bits per heavy atom. The van der Waals surface area contributed by atoms with Crippen molar-refractivity contribution >= 4 is 22.7 Å². The molecule has 0 aliphatic heterocycles. The molecule has 0 aliphatic rings. The van der Waals surface area contributed by atoms with E-state index < -0.39 is 0 Å². The van der Waals surface area contributed by atoms with Crippen LogP contribution < -0.4 is 0 Å². The van der Waals surface area contributed by atoms with Crippen molar-refractivity contribution in [2.24, 2.45) is 0 Å². The molecule has 0 saturated heterocycles. The van der Waals surface area contributed by atoms with Crippen LogP contribution in [0.3, 0.4) is 0 Å². The Labute approximate surface area is 98.0 Å². The minimum absolute atomic E-state index is 0.357. The van der Waals surface area contributed by atoms with Gasteiger partial charge in [-0.3, -0.25) is 0 Å². The third-order valence-corrected chi connectivity index (χ3v) is 4.42. The lowest BCUT2D eigenvalue weighted by atomic mass is 10.0. The van der Waals surface area contributed by atoms with Crippen molar-refractivity contribution in [3.63, 3.8) is 0 Å². The van der Waals surface area contributed by atoms with Crippen molar-refractivity contribution < 1.29 is 5.11 Å². The van der Waals surface area contributed by atoms with E-state index in [1.807, 2.05) is 5.38 Å². The van der Waals surface area contributed by atoms with Crippen LogP contribution in [0.5, 0.6) is 0 Å². The van der Waals surface area contributed by atoms with Gasteiger partial charge in [-0.1, -0.05) is 0 Å². The first kappa shape index (κ1) is 10.9. The predicted octanol–water partition coefficient (Wildman–Crippen LogP) is 3.70. The van der Waals surface area contributed by atoms with Gasteiger partial charge in [-0.25, -0.2) is 0 Å². The van der Waals surface area contributed by atoms with Crippen LogP contribution in [0.1, 0.15) is 28.4 Å². The zero-order valence-electron chi connectivity index (χ0n) is 8.86. The van der Waals surface area contributed by atoms with Crippen LogP contribution in [-0.4, -0.2) is 5.11 Å². The first-order valence-corrected chi connectivity index (χ1v) is 6.79. The summed E-state index contributed by atoms with van der Waals surface area (Å²) in [5.74, 6) is 0. The Kier molecular flexibility index (Phi) is 3.24. The van der Waals surface area contributed by atoms with Crippen molar-refractivity contribution in [2.45, 2.75) is 26.4 Å². The molecule has 0 amide bonds. The quantitative estimate of drug-likeness (QED) is 0.864. The second kappa shape index (κ2) is 4.47. The number of rotatable bonds is 3.